The standard InChI is InChI=1S/C8H18O2.C3H6O3/c1-2-3-4-5-6-8(10)7-9;1-2(4)3(5)6/h8-10H,2-7H2,1H3;2,4H,1H3,(H,5,6). The molecule has 0 aliphatic heterocycles. The van der Waals surface area contributed by atoms with Gasteiger partial charge in [-0.2, -0.15) is 0 Å². The van der Waals surface area contributed by atoms with Crippen molar-refractivity contribution in [3.8, 4) is 0 Å². The summed E-state index contributed by atoms with van der Waals surface area (Å²) in [6.45, 7) is 3.26. The van der Waals surface area contributed by atoms with Gasteiger partial charge in [-0.1, -0.05) is 32.6 Å². The van der Waals surface area contributed by atoms with Crippen LogP contribution in [-0.2, 0) is 4.79 Å². The van der Waals surface area contributed by atoms with E-state index in [1.807, 2.05) is 0 Å². The predicted molar refractivity (Wildman–Crippen MR) is 61.2 cm³/mol. The van der Waals surface area contributed by atoms with Gasteiger partial charge in [0.2, 0.25) is 0 Å². The number of hydrogen-bond acceptors (Lipinski definition) is 4. The fraction of sp³-hybridized carbons (Fsp3) is 0.909. The third-order valence-corrected chi connectivity index (χ3v) is 1.96. The smallest absolute Gasteiger partial charge is 0.332 e. The van der Waals surface area contributed by atoms with Crippen molar-refractivity contribution in [2.45, 2.75) is 58.2 Å². The highest BCUT2D eigenvalue weighted by molar-refractivity contribution is 5.71. The van der Waals surface area contributed by atoms with E-state index in [1.54, 1.807) is 0 Å². The number of hydrogen-bond donors (Lipinski definition) is 4. The van der Waals surface area contributed by atoms with E-state index in [4.69, 9.17) is 20.4 Å². The fourth-order valence-corrected chi connectivity index (χ4v) is 0.898. The molecule has 16 heavy (non-hydrogen) atoms. The van der Waals surface area contributed by atoms with Crippen LogP contribution in [0.5, 0.6) is 0 Å². The summed E-state index contributed by atoms with van der Waals surface area (Å²) in [5, 5.41) is 33.1. The average molecular weight is 236 g/mol. The lowest BCUT2D eigenvalue weighted by Crippen LogP contribution is -2.13. The lowest BCUT2D eigenvalue weighted by atomic mass is 10.1. The molecule has 0 heterocycles. The topological polar surface area (TPSA) is 98.0 Å². The molecule has 0 rings (SSSR count). The number of rotatable bonds is 7. The molecule has 0 saturated heterocycles. The van der Waals surface area contributed by atoms with Crippen molar-refractivity contribution in [2.75, 3.05) is 6.61 Å². The molecular formula is C11H24O5. The first kappa shape index (κ1) is 17.7. The highest BCUT2D eigenvalue weighted by atomic mass is 16.4. The first-order valence-corrected chi connectivity index (χ1v) is 5.65. The van der Waals surface area contributed by atoms with Crippen molar-refractivity contribution in [1.82, 2.24) is 0 Å². The zero-order chi connectivity index (χ0) is 13.0. The Morgan fingerprint density at radius 3 is 2.00 bits per heavy atom. The highest BCUT2D eigenvalue weighted by Crippen LogP contribution is 2.04. The van der Waals surface area contributed by atoms with Crippen LogP contribution in [0, 0.1) is 0 Å². The molecule has 4 N–H and O–H groups in total. The van der Waals surface area contributed by atoms with E-state index in [2.05, 4.69) is 6.92 Å². The lowest BCUT2D eigenvalue weighted by Gasteiger charge is -2.04. The number of aliphatic hydroxyl groups is 3. The first-order valence-electron chi connectivity index (χ1n) is 5.65. The maximum Gasteiger partial charge on any atom is 0.332 e. The quantitative estimate of drug-likeness (QED) is 0.489. The van der Waals surface area contributed by atoms with Gasteiger partial charge in [0.25, 0.3) is 0 Å². The van der Waals surface area contributed by atoms with E-state index in [-0.39, 0.29) is 6.61 Å². The SMILES string of the molecule is CC(O)C(=O)O.CCCCCCC(O)CO. The molecular weight excluding hydrogens is 212 g/mol. The first-order chi connectivity index (χ1) is 7.45. The molecule has 5 heteroatoms. The number of carboxylic acid groups (broad SMARTS) is 1. The molecule has 98 valence electrons. The van der Waals surface area contributed by atoms with Crippen molar-refractivity contribution < 1.29 is 25.2 Å². The van der Waals surface area contributed by atoms with Crippen LogP contribution in [0.2, 0.25) is 0 Å². The van der Waals surface area contributed by atoms with Gasteiger partial charge in [0.1, 0.15) is 6.10 Å². The molecule has 0 aliphatic carbocycles. The van der Waals surface area contributed by atoms with Crippen LogP contribution in [0.15, 0.2) is 0 Å². The van der Waals surface area contributed by atoms with Gasteiger partial charge < -0.3 is 20.4 Å². The lowest BCUT2D eigenvalue weighted by molar-refractivity contribution is -0.145. The number of unbranched alkanes of at least 4 members (excludes halogenated alkanes) is 3. The summed E-state index contributed by atoms with van der Waals surface area (Å²) < 4.78 is 0. The Labute approximate surface area is 96.7 Å². The molecule has 2 unspecified atom stereocenters. The minimum Gasteiger partial charge on any atom is -0.479 e. The molecule has 5 nitrogen and oxygen atoms in total. The Bertz CT molecular complexity index is 158. The zero-order valence-corrected chi connectivity index (χ0v) is 10.1. The second kappa shape index (κ2) is 12.4. The highest BCUT2D eigenvalue weighted by Gasteiger charge is 2.01. The van der Waals surface area contributed by atoms with Gasteiger partial charge in [-0.3, -0.25) is 0 Å². The summed E-state index contributed by atoms with van der Waals surface area (Å²) >= 11 is 0. The molecule has 0 aromatic rings. The van der Waals surface area contributed by atoms with Crippen molar-refractivity contribution in [3.63, 3.8) is 0 Å². The molecule has 0 aromatic heterocycles. The Morgan fingerprint density at radius 2 is 1.69 bits per heavy atom. The molecule has 0 bridgehead atoms. The summed E-state index contributed by atoms with van der Waals surface area (Å²) in [5.41, 5.74) is 0. The van der Waals surface area contributed by atoms with E-state index in [0.717, 1.165) is 12.8 Å². The number of aliphatic carboxylic acids is 1. The minimum atomic E-state index is -1.23. The third-order valence-electron chi connectivity index (χ3n) is 1.96. The van der Waals surface area contributed by atoms with Crippen molar-refractivity contribution >= 4 is 5.97 Å². The van der Waals surface area contributed by atoms with Gasteiger partial charge in [-0.25, -0.2) is 4.79 Å². The Kier molecular flexibility index (Phi) is 13.8. The summed E-state index contributed by atoms with van der Waals surface area (Å²) in [5.74, 6) is -1.19. The summed E-state index contributed by atoms with van der Waals surface area (Å²) in [7, 11) is 0. The van der Waals surface area contributed by atoms with E-state index >= 15 is 0 Å². The molecule has 0 fully saturated rings. The molecule has 0 aliphatic rings. The Morgan fingerprint density at radius 1 is 1.19 bits per heavy atom. The van der Waals surface area contributed by atoms with E-state index in [9.17, 15) is 4.79 Å². The zero-order valence-electron chi connectivity index (χ0n) is 10.1. The van der Waals surface area contributed by atoms with Crippen LogP contribution in [0.3, 0.4) is 0 Å². The van der Waals surface area contributed by atoms with Gasteiger partial charge in [-0.05, 0) is 13.3 Å². The monoisotopic (exact) mass is 236 g/mol. The maximum absolute atomic E-state index is 9.45. The molecule has 0 saturated carbocycles. The van der Waals surface area contributed by atoms with E-state index in [0.29, 0.717) is 0 Å². The number of aliphatic hydroxyl groups excluding tert-OH is 3. The van der Waals surface area contributed by atoms with Crippen molar-refractivity contribution in [1.29, 1.82) is 0 Å². The fourth-order valence-electron chi connectivity index (χ4n) is 0.898. The Hall–Kier alpha value is -0.650. The second-order valence-electron chi connectivity index (χ2n) is 3.70. The third kappa shape index (κ3) is 15.8. The maximum atomic E-state index is 9.45. The van der Waals surface area contributed by atoms with Crippen LogP contribution in [0.1, 0.15) is 46.0 Å². The number of carbonyl (C=O) groups is 1. The summed E-state index contributed by atoms with van der Waals surface area (Å²) in [4.78, 5) is 9.45. The summed E-state index contributed by atoms with van der Waals surface area (Å²) in [6, 6.07) is 0. The van der Waals surface area contributed by atoms with Crippen molar-refractivity contribution in [3.05, 3.63) is 0 Å². The van der Waals surface area contributed by atoms with Crippen LogP contribution in [0.4, 0.5) is 0 Å². The molecule has 0 radical (unpaired) electrons. The Balaban J connectivity index is 0. The predicted octanol–water partition coefficient (Wildman–Crippen LogP) is 0.762. The molecule has 0 amide bonds. The van der Waals surface area contributed by atoms with Gasteiger partial charge in [0, 0.05) is 0 Å². The molecule has 0 spiro atoms. The van der Waals surface area contributed by atoms with Gasteiger partial charge in [-0.15, -0.1) is 0 Å². The van der Waals surface area contributed by atoms with Gasteiger partial charge in [0.05, 0.1) is 12.7 Å². The summed E-state index contributed by atoms with van der Waals surface area (Å²) in [6.07, 6.45) is 3.69. The van der Waals surface area contributed by atoms with E-state index < -0.39 is 18.2 Å². The van der Waals surface area contributed by atoms with Crippen LogP contribution in [-0.4, -0.2) is 45.2 Å². The van der Waals surface area contributed by atoms with Crippen LogP contribution < -0.4 is 0 Å². The molecule has 2 atom stereocenters. The molecule has 0 aromatic carbocycles. The normalized spacial score (nSPS) is 13.6. The second-order valence-corrected chi connectivity index (χ2v) is 3.70. The van der Waals surface area contributed by atoms with Gasteiger partial charge in [0.15, 0.2) is 0 Å². The van der Waals surface area contributed by atoms with Gasteiger partial charge >= 0.3 is 5.97 Å². The van der Waals surface area contributed by atoms with E-state index in [1.165, 1.54) is 26.2 Å². The van der Waals surface area contributed by atoms with Crippen LogP contribution in [0.25, 0.3) is 0 Å². The average Bonchev–Trinajstić information content (AvgIpc) is 2.24. The number of carboxylic acids is 1. The van der Waals surface area contributed by atoms with Crippen molar-refractivity contribution in [2.24, 2.45) is 0 Å². The van der Waals surface area contributed by atoms with Crippen LogP contribution >= 0.6 is 0 Å². The largest absolute Gasteiger partial charge is 0.479 e. The minimum absolute atomic E-state index is 0.0911.